The van der Waals surface area contributed by atoms with Crippen LogP contribution in [-0.2, 0) is 11.2 Å². The van der Waals surface area contributed by atoms with Crippen molar-refractivity contribution in [2.24, 2.45) is 0 Å². The van der Waals surface area contributed by atoms with Crippen LogP contribution in [0.25, 0.3) is 0 Å². The zero-order valence-electron chi connectivity index (χ0n) is 12.3. The van der Waals surface area contributed by atoms with Gasteiger partial charge in [0.25, 0.3) is 0 Å². The Kier molecular flexibility index (Phi) is 5.89. The molecule has 1 aromatic heterocycles. The van der Waals surface area contributed by atoms with Crippen LogP contribution in [0.2, 0.25) is 0 Å². The van der Waals surface area contributed by atoms with E-state index in [1.165, 1.54) is 0 Å². The average molecular weight is 253 g/mol. The van der Waals surface area contributed by atoms with Crippen LogP contribution in [0, 0.1) is 0 Å². The molecule has 1 heterocycles. The van der Waals surface area contributed by atoms with E-state index in [-0.39, 0.29) is 5.60 Å². The largest absolute Gasteiger partial charge is 0.469 e. The smallest absolute Gasteiger partial charge is 0.103 e. The predicted molar refractivity (Wildman–Crippen MR) is 74.8 cm³/mol. The highest BCUT2D eigenvalue weighted by atomic mass is 16.5. The Morgan fingerprint density at radius 3 is 2.61 bits per heavy atom. The maximum Gasteiger partial charge on any atom is 0.103 e. The first kappa shape index (κ1) is 15.3. The van der Waals surface area contributed by atoms with E-state index in [4.69, 9.17) is 9.15 Å². The second kappa shape index (κ2) is 6.95. The lowest BCUT2D eigenvalue weighted by Gasteiger charge is -2.29. The molecule has 0 radical (unpaired) electrons. The summed E-state index contributed by atoms with van der Waals surface area (Å²) in [5.41, 5.74) is -0.0624. The van der Waals surface area contributed by atoms with Gasteiger partial charge < -0.3 is 14.5 Å². The molecule has 0 fully saturated rings. The quantitative estimate of drug-likeness (QED) is 0.771. The lowest BCUT2D eigenvalue weighted by atomic mass is 9.99. The first-order valence-corrected chi connectivity index (χ1v) is 6.76. The lowest BCUT2D eigenvalue weighted by molar-refractivity contribution is 0.00777. The highest BCUT2D eigenvalue weighted by Gasteiger charge is 2.20. The van der Waals surface area contributed by atoms with E-state index < -0.39 is 0 Å². The van der Waals surface area contributed by atoms with Crippen molar-refractivity contribution in [1.29, 1.82) is 0 Å². The summed E-state index contributed by atoms with van der Waals surface area (Å²) in [7, 11) is 1.77. The summed E-state index contributed by atoms with van der Waals surface area (Å²) in [5, 5.41) is 3.61. The van der Waals surface area contributed by atoms with Crippen molar-refractivity contribution in [3.63, 3.8) is 0 Å². The lowest BCUT2D eigenvalue weighted by Crippen LogP contribution is -2.40. The van der Waals surface area contributed by atoms with Gasteiger partial charge in [-0.3, -0.25) is 0 Å². The predicted octanol–water partition coefficient (Wildman–Crippen LogP) is 3.39. The zero-order chi connectivity index (χ0) is 13.6. The number of nitrogens with one attached hydrogen (secondary N) is 1. The fourth-order valence-electron chi connectivity index (χ4n) is 2.26. The number of aryl methyl sites for hydroxylation is 1. The third kappa shape index (κ3) is 5.69. The summed E-state index contributed by atoms with van der Waals surface area (Å²) >= 11 is 0. The van der Waals surface area contributed by atoms with Crippen molar-refractivity contribution in [2.45, 2.75) is 64.6 Å². The van der Waals surface area contributed by atoms with Crippen LogP contribution in [-0.4, -0.2) is 24.8 Å². The Morgan fingerprint density at radius 2 is 2.06 bits per heavy atom. The summed E-state index contributed by atoms with van der Waals surface area (Å²) in [5.74, 6) is 1.06. The molecule has 2 unspecified atom stereocenters. The average Bonchev–Trinajstić information content (AvgIpc) is 2.78. The van der Waals surface area contributed by atoms with Crippen LogP contribution >= 0.6 is 0 Å². The number of hydrogen-bond donors (Lipinski definition) is 1. The van der Waals surface area contributed by atoms with E-state index >= 15 is 0 Å². The Hall–Kier alpha value is -0.800. The molecule has 0 aliphatic heterocycles. The van der Waals surface area contributed by atoms with Gasteiger partial charge in [-0.05, 0) is 52.7 Å². The van der Waals surface area contributed by atoms with Crippen molar-refractivity contribution in [3.05, 3.63) is 24.2 Å². The Morgan fingerprint density at radius 1 is 1.33 bits per heavy atom. The number of furan rings is 1. The molecule has 0 spiro atoms. The summed E-state index contributed by atoms with van der Waals surface area (Å²) in [6.45, 7) is 8.68. The van der Waals surface area contributed by atoms with Gasteiger partial charge in [-0.1, -0.05) is 0 Å². The third-order valence-corrected chi connectivity index (χ3v) is 3.32. The highest BCUT2D eigenvalue weighted by molar-refractivity contribution is 4.98. The van der Waals surface area contributed by atoms with Crippen LogP contribution in [0.3, 0.4) is 0 Å². The molecule has 0 aromatic carbocycles. The monoisotopic (exact) mass is 253 g/mol. The molecule has 1 N–H and O–H groups in total. The molecule has 3 heteroatoms. The minimum Gasteiger partial charge on any atom is -0.469 e. The normalized spacial score (nSPS) is 15.6. The number of rotatable bonds is 8. The van der Waals surface area contributed by atoms with Crippen molar-refractivity contribution in [3.8, 4) is 0 Å². The molecule has 0 saturated carbocycles. The van der Waals surface area contributed by atoms with Gasteiger partial charge in [0.2, 0.25) is 0 Å². The summed E-state index contributed by atoms with van der Waals surface area (Å²) < 4.78 is 10.8. The SMILES string of the molecule is COC(C)(C)CC(C)NC(C)CCc1ccco1. The van der Waals surface area contributed by atoms with Gasteiger partial charge in [0, 0.05) is 25.6 Å². The summed E-state index contributed by atoms with van der Waals surface area (Å²) in [6, 6.07) is 4.91. The van der Waals surface area contributed by atoms with Crippen LogP contribution in [0.4, 0.5) is 0 Å². The molecule has 0 aliphatic carbocycles. The standard InChI is InChI=1S/C15H27NO2/c1-12(8-9-14-7-6-10-18-14)16-13(2)11-15(3,4)17-5/h6-7,10,12-13,16H,8-9,11H2,1-5H3. The Bertz CT molecular complexity index is 319. The molecular formula is C15H27NO2. The van der Waals surface area contributed by atoms with Crippen molar-refractivity contribution in [2.75, 3.05) is 7.11 Å². The van der Waals surface area contributed by atoms with E-state index in [1.54, 1.807) is 13.4 Å². The molecule has 0 saturated heterocycles. The van der Waals surface area contributed by atoms with Crippen molar-refractivity contribution < 1.29 is 9.15 Å². The molecule has 18 heavy (non-hydrogen) atoms. The fraction of sp³-hybridized carbons (Fsp3) is 0.733. The van der Waals surface area contributed by atoms with Crippen molar-refractivity contribution in [1.82, 2.24) is 5.32 Å². The second-order valence-corrected chi connectivity index (χ2v) is 5.75. The summed E-state index contributed by atoms with van der Waals surface area (Å²) in [6.07, 6.45) is 4.82. The third-order valence-electron chi connectivity index (χ3n) is 3.32. The van der Waals surface area contributed by atoms with Gasteiger partial charge >= 0.3 is 0 Å². The minimum absolute atomic E-state index is 0.0624. The van der Waals surface area contributed by atoms with Gasteiger partial charge in [0.15, 0.2) is 0 Å². The van der Waals surface area contributed by atoms with Gasteiger partial charge in [0.05, 0.1) is 11.9 Å². The Balaban J connectivity index is 2.25. The van der Waals surface area contributed by atoms with E-state index in [2.05, 4.69) is 33.0 Å². The molecule has 0 bridgehead atoms. The van der Waals surface area contributed by atoms with Crippen LogP contribution in [0.15, 0.2) is 22.8 Å². The van der Waals surface area contributed by atoms with E-state index in [1.807, 2.05) is 12.1 Å². The Labute approximate surface area is 111 Å². The number of ether oxygens (including phenoxy) is 1. The first-order chi connectivity index (χ1) is 8.43. The van der Waals surface area contributed by atoms with Gasteiger partial charge in [-0.25, -0.2) is 0 Å². The maximum absolute atomic E-state index is 5.45. The molecule has 0 amide bonds. The van der Waals surface area contributed by atoms with Crippen LogP contribution in [0.1, 0.15) is 46.3 Å². The van der Waals surface area contributed by atoms with Crippen LogP contribution < -0.4 is 5.32 Å². The van der Waals surface area contributed by atoms with Gasteiger partial charge in [-0.2, -0.15) is 0 Å². The molecule has 2 atom stereocenters. The first-order valence-electron chi connectivity index (χ1n) is 6.76. The number of hydrogen-bond acceptors (Lipinski definition) is 3. The van der Waals surface area contributed by atoms with E-state index in [0.717, 1.165) is 25.0 Å². The second-order valence-electron chi connectivity index (χ2n) is 5.75. The van der Waals surface area contributed by atoms with Crippen molar-refractivity contribution >= 4 is 0 Å². The summed E-state index contributed by atoms with van der Waals surface area (Å²) in [4.78, 5) is 0. The molecule has 104 valence electrons. The molecule has 3 nitrogen and oxygen atoms in total. The zero-order valence-corrected chi connectivity index (χ0v) is 12.3. The molecular weight excluding hydrogens is 226 g/mol. The number of methoxy groups -OCH3 is 1. The molecule has 1 aromatic rings. The molecule has 1 rings (SSSR count). The van der Waals surface area contributed by atoms with Crippen LogP contribution in [0.5, 0.6) is 0 Å². The fourth-order valence-corrected chi connectivity index (χ4v) is 2.26. The topological polar surface area (TPSA) is 34.4 Å². The minimum atomic E-state index is -0.0624. The highest BCUT2D eigenvalue weighted by Crippen LogP contribution is 2.16. The van der Waals surface area contributed by atoms with E-state index in [0.29, 0.717) is 12.1 Å². The molecule has 0 aliphatic rings. The van der Waals surface area contributed by atoms with Gasteiger partial charge in [0.1, 0.15) is 5.76 Å². The maximum atomic E-state index is 5.45. The van der Waals surface area contributed by atoms with Gasteiger partial charge in [-0.15, -0.1) is 0 Å². The van der Waals surface area contributed by atoms with E-state index in [9.17, 15) is 0 Å².